The van der Waals surface area contributed by atoms with E-state index < -0.39 is 0 Å². The summed E-state index contributed by atoms with van der Waals surface area (Å²) < 4.78 is 6.32. The number of aryl methyl sites for hydroxylation is 1. The van der Waals surface area contributed by atoms with Gasteiger partial charge >= 0.3 is 0 Å². The summed E-state index contributed by atoms with van der Waals surface area (Å²) in [6.45, 7) is 1.77. The number of hydrogen-bond acceptors (Lipinski definition) is 3. The number of rotatable bonds is 4. The fraction of sp³-hybridized carbons (Fsp3) is 0.133. The number of amides is 1. The first-order valence-corrected chi connectivity index (χ1v) is 7.36. The van der Waals surface area contributed by atoms with Crippen molar-refractivity contribution in [1.82, 2.24) is 0 Å². The van der Waals surface area contributed by atoms with E-state index in [0.717, 1.165) is 10.0 Å². The summed E-state index contributed by atoms with van der Waals surface area (Å²) >= 11 is 9.34. The van der Waals surface area contributed by atoms with Crippen molar-refractivity contribution in [2.75, 3.05) is 17.7 Å². The summed E-state index contributed by atoms with van der Waals surface area (Å²) in [6, 6.07) is 10.5. The van der Waals surface area contributed by atoms with Gasteiger partial charge in [-0.05, 0) is 48.9 Å². The van der Waals surface area contributed by atoms with Crippen molar-refractivity contribution in [3.05, 3.63) is 51.5 Å². The summed E-state index contributed by atoms with van der Waals surface area (Å²) in [5, 5.41) is 3.16. The highest BCUT2D eigenvalue weighted by molar-refractivity contribution is 9.10. The Morgan fingerprint density at radius 3 is 2.76 bits per heavy atom. The zero-order valence-corrected chi connectivity index (χ0v) is 13.7. The molecule has 0 unspecified atom stereocenters. The van der Waals surface area contributed by atoms with E-state index in [9.17, 15) is 4.79 Å². The second-order valence-corrected chi connectivity index (χ2v) is 5.81. The van der Waals surface area contributed by atoms with Gasteiger partial charge in [0.15, 0.2) is 6.61 Å². The lowest BCUT2D eigenvalue weighted by molar-refractivity contribution is -0.118. The largest absolute Gasteiger partial charge is 0.483 e. The van der Waals surface area contributed by atoms with Crippen molar-refractivity contribution in [1.29, 1.82) is 0 Å². The van der Waals surface area contributed by atoms with Crippen molar-refractivity contribution in [2.45, 2.75) is 6.92 Å². The molecular formula is C15H14BrClN2O2. The van der Waals surface area contributed by atoms with Gasteiger partial charge < -0.3 is 15.8 Å². The Morgan fingerprint density at radius 1 is 1.33 bits per heavy atom. The van der Waals surface area contributed by atoms with Crippen molar-refractivity contribution < 1.29 is 9.53 Å². The number of halogens is 2. The molecule has 0 fully saturated rings. The van der Waals surface area contributed by atoms with E-state index in [1.165, 1.54) is 0 Å². The van der Waals surface area contributed by atoms with Gasteiger partial charge in [0.2, 0.25) is 0 Å². The Balaban J connectivity index is 1.96. The highest BCUT2D eigenvalue weighted by Crippen LogP contribution is 2.25. The third-order valence-corrected chi connectivity index (χ3v) is 3.57. The molecule has 3 N–H and O–H groups in total. The maximum atomic E-state index is 11.9. The fourth-order valence-electron chi connectivity index (χ4n) is 1.75. The molecule has 1 amide bonds. The van der Waals surface area contributed by atoms with Gasteiger partial charge in [-0.25, -0.2) is 0 Å². The molecule has 0 aromatic heterocycles. The van der Waals surface area contributed by atoms with Crippen LogP contribution in [0.4, 0.5) is 11.4 Å². The molecule has 2 aromatic rings. The van der Waals surface area contributed by atoms with Gasteiger partial charge in [0.05, 0.1) is 10.7 Å². The maximum Gasteiger partial charge on any atom is 0.262 e. The molecule has 21 heavy (non-hydrogen) atoms. The van der Waals surface area contributed by atoms with Crippen LogP contribution in [0.2, 0.25) is 5.02 Å². The molecule has 0 heterocycles. The molecule has 0 atom stereocenters. The zero-order chi connectivity index (χ0) is 15.4. The van der Waals surface area contributed by atoms with Crippen LogP contribution in [0.15, 0.2) is 40.9 Å². The van der Waals surface area contributed by atoms with E-state index in [4.69, 9.17) is 22.1 Å². The minimum absolute atomic E-state index is 0.100. The summed E-state index contributed by atoms with van der Waals surface area (Å²) in [7, 11) is 0. The Kier molecular flexibility index (Phi) is 5.09. The molecule has 0 saturated heterocycles. The maximum absolute atomic E-state index is 11.9. The van der Waals surface area contributed by atoms with Crippen molar-refractivity contribution in [2.24, 2.45) is 0 Å². The van der Waals surface area contributed by atoms with Crippen LogP contribution in [-0.4, -0.2) is 12.5 Å². The van der Waals surface area contributed by atoms with Crippen LogP contribution in [-0.2, 0) is 4.79 Å². The van der Waals surface area contributed by atoms with Crippen LogP contribution in [0.3, 0.4) is 0 Å². The molecule has 0 spiro atoms. The fourth-order valence-corrected chi connectivity index (χ4v) is 2.48. The lowest BCUT2D eigenvalue weighted by Crippen LogP contribution is -2.20. The van der Waals surface area contributed by atoms with Gasteiger partial charge in [-0.1, -0.05) is 27.5 Å². The van der Waals surface area contributed by atoms with E-state index in [1.54, 1.807) is 36.4 Å². The molecule has 0 aliphatic heterocycles. The van der Waals surface area contributed by atoms with Crippen LogP contribution in [0, 0.1) is 6.92 Å². The highest BCUT2D eigenvalue weighted by atomic mass is 79.9. The number of nitrogens with one attached hydrogen (secondary N) is 1. The smallest absolute Gasteiger partial charge is 0.262 e. The second-order valence-electron chi connectivity index (χ2n) is 4.49. The van der Waals surface area contributed by atoms with Gasteiger partial charge in [0.25, 0.3) is 5.91 Å². The molecule has 4 nitrogen and oxygen atoms in total. The Labute approximate surface area is 136 Å². The number of carbonyl (C=O) groups excluding carboxylic acids is 1. The standard InChI is InChI=1S/C15H14BrClN2O2/c1-9-6-11(18)3-5-14(9)21-8-15(20)19-13-4-2-10(16)7-12(13)17/h2-7H,8,18H2,1H3,(H,19,20). The van der Waals surface area contributed by atoms with Gasteiger partial charge in [-0.2, -0.15) is 0 Å². The molecule has 110 valence electrons. The van der Waals surface area contributed by atoms with Crippen LogP contribution < -0.4 is 15.8 Å². The predicted octanol–water partition coefficient (Wildman–Crippen LogP) is 4.01. The lowest BCUT2D eigenvalue weighted by Gasteiger charge is -2.11. The number of carbonyl (C=O) groups is 1. The van der Waals surface area contributed by atoms with E-state index in [2.05, 4.69) is 21.2 Å². The molecule has 2 aromatic carbocycles. The highest BCUT2D eigenvalue weighted by Gasteiger charge is 2.08. The lowest BCUT2D eigenvalue weighted by atomic mass is 10.2. The molecule has 0 saturated carbocycles. The molecule has 0 aliphatic carbocycles. The molecule has 0 bridgehead atoms. The Hall–Kier alpha value is -1.72. The SMILES string of the molecule is Cc1cc(N)ccc1OCC(=O)Nc1ccc(Br)cc1Cl. The van der Waals surface area contributed by atoms with Crippen LogP contribution in [0.1, 0.15) is 5.56 Å². The normalized spacial score (nSPS) is 10.2. The van der Waals surface area contributed by atoms with Crippen molar-refractivity contribution >= 4 is 44.8 Å². The van der Waals surface area contributed by atoms with E-state index in [-0.39, 0.29) is 12.5 Å². The number of nitrogen functional groups attached to an aromatic ring is 1. The molecule has 0 aliphatic rings. The van der Waals surface area contributed by atoms with Crippen molar-refractivity contribution in [3.63, 3.8) is 0 Å². The van der Waals surface area contributed by atoms with Crippen molar-refractivity contribution in [3.8, 4) is 5.75 Å². The molecule has 0 radical (unpaired) electrons. The average Bonchev–Trinajstić information content (AvgIpc) is 2.41. The van der Waals surface area contributed by atoms with E-state index in [0.29, 0.717) is 22.1 Å². The van der Waals surface area contributed by atoms with Gasteiger partial charge in [-0.15, -0.1) is 0 Å². The number of benzene rings is 2. The summed E-state index contributed by atoms with van der Waals surface area (Å²) in [6.07, 6.45) is 0. The minimum Gasteiger partial charge on any atom is -0.483 e. The monoisotopic (exact) mass is 368 g/mol. The first kappa shape index (κ1) is 15.7. The van der Waals surface area contributed by atoms with Gasteiger partial charge in [0.1, 0.15) is 5.75 Å². The topological polar surface area (TPSA) is 64.3 Å². The third-order valence-electron chi connectivity index (χ3n) is 2.76. The second kappa shape index (κ2) is 6.83. The number of anilines is 2. The zero-order valence-electron chi connectivity index (χ0n) is 11.3. The van der Waals surface area contributed by atoms with Gasteiger partial charge in [0, 0.05) is 10.2 Å². The Morgan fingerprint density at radius 2 is 2.10 bits per heavy atom. The predicted molar refractivity (Wildman–Crippen MR) is 88.9 cm³/mol. The van der Waals surface area contributed by atoms with Crippen LogP contribution in [0.5, 0.6) is 5.75 Å². The third kappa shape index (κ3) is 4.37. The number of hydrogen-bond donors (Lipinski definition) is 2. The summed E-state index contributed by atoms with van der Waals surface area (Å²) in [5.74, 6) is 0.344. The quantitative estimate of drug-likeness (QED) is 0.800. The average molecular weight is 370 g/mol. The first-order valence-electron chi connectivity index (χ1n) is 6.19. The van der Waals surface area contributed by atoms with Gasteiger partial charge in [-0.3, -0.25) is 4.79 Å². The number of ether oxygens (including phenoxy) is 1. The Bertz CT molecular complexity index is 677. The summed E-state index contributed by atoms with van der Waals surface area (Å²) in [4.78, 5) is 11.9. The number of nitrogens with two attached hydrogens (primary N) is 1. The first-order chi connectivity index (χ1) is 9.95. The minimum atomic E-state index is -0.282. The molecule has 6 heteroatoms. The van der Waals surface area contributed by atoms with Crippen LogP contribution in [0.25, 0.3) is 0 Å². The van der Waals surface area contributed by atoms with E-state index >= 15 is 0 Å². The summed E-state index contributed by atoms with van der Waals surface area (Å²) in [5.41, 5.74) is 7.74. The molecular weight excluding hydrogens is 356 g/mol. The van der Waals surface area contributed by atoms with E-state index in [1.807, 2.05) is 6.92 Å². The molecule has 2 rings (SSSR count). The van der Waals surface area contributed by atoms with Crippen LogP contribution >= 0.6 is 27.5 Å².